The third kappa shape index (κ3) is 5.90. The number of amides is 1. The van der Waals surface area contributed by atoms with Crippen molar-refractivity contribution in [3.05, 3.63) is 0 Å². The minimum Gasteiger partial charge on any atom is -0.479 e. The number of nitrogens with one attached hydrogen (secondary N) is 1. The molecule has 0 aromatic carbocycles. The number of hydrogen-bond acceptors (Lipinski definition) is 4. The molecule has 15 heavy (non-hydrogen) atoms. The molecule has 0 rings (SSSR count). The number of carbonyl (C=O) groups is 2. The number of aliphatic hydroxyl groups excluding tert-OH is 1. The Kier molecular flexibility index (Phi) is 4.54. The standard InChI is InChI=1S/C9H17NO5/c1-5(6(11)7(12)13)10-8(14)15-9(2,3)4/h5-6,11H,1-4H3,(H,10,14)(H,12,13)/t5?,6-/m0/s1. The third-order valence-electron chi connectivity index (χ3n) is 1.47. The Balaban J connectivity index is 4.13. The van der Waals surface area contributed by atoms with Gasteiger partial charge in [-0.05, 0) is 27.7 Å². The van der Waals surface area contributed by atoms with Crippen molar-refractivity contribution in [2.24, 2.45) is 0 Å². The molecule has 0 fully saturated rings. The normalized spacial score (nSPS) is 15.3. The zero-order valence-corrected chi connectivity index (χ0v) is 9.27. The molecule has 3 N–H and O–H groups in total. The van der Waals surface area contributed by atoms with Crippen LogP contribution in [0, 0.1) is 0 Å². The second-order valence-corrected chi connectivity index (χ2v) is 4.22. The maximum Gasteiger partial charge on any atom is 0.407 e. The van der Waals surface area contributed by atoms with Gasteiger partial charge in [-0.3, -0.25) is 0 Å². The monoisotopic (exact) mass is 219 g/mol. The van der Waals surface area contributed by atoms with Gasteiger partial charge in [-0.1, -0.05) is 0 Å². The third-order valence-corrected chi connectivity index (χ3v) is 1.47. The number of alkyl carbamates (subject to hydrolysis) is 1. The maximum absolute atomic E-state index is 11.2. The summed E-state index contributed by atoms with van der Waals surface area (Å²) >= 11 is 0. The second kappa shape index (κ2) is 4.97. The molecule has 1 unspecified atom stereocenters. The lowest BCUT2D eigenvalue weighted by Crippen LogP contribution is -2.46. The summed E-state index contributed by atoms with van der Waals surface area (Å²) in [6.45, 7) is 6.43. The van der Waals surface area contributed by atoms with Crippen LogP contribution in [0.2, 0.25) is 0 Å². The molecule has 2 atom stereocenters. The van der Waals surface area contributed by atoms with E-state index >= 15 is 0 Å². The van der Waals surface area contributed by atoms with Crippen molar-refractivity contribution >= 4 is 12.1 Å². The molecule has 1 amide bonds. The smallest absolute Gasteiger partial charge is 0.407 e. The first-order chi connectivity index (χ1) is 6.63. The summed E-state index contributed by atoms with van der Waals surface area (Å²) < 4.78 is 4.88. The molecule has 0 saturated heterocycles. The van der Waals surface area contributed by atoms with Gasteiger partial charge < -0.3 is 20.3 Å². The molecule has 6 nitrogen and oxygen atoms in total. The number of carboxylic acids is 1. The number of ether oxygens (including phenoxy) is 1. The zero-order chi connectivity index (χ0) is 12.2. The van der Waals surface area contributed by atoms with Crippen molar-refractivity contribution in [2.75, 3.05) is 0 Å². The Labute approximate surface area is 88.2 Å². The van der Waals surface area contributed by atoms with Crippen molar-refractivity contribution in [2.45, 2.75) is 45.4 Å². The fraction of sp³-hybridized carbons (Fsp3) is 0.778. The SMILES string of the molecule is CC(NC(=O)OC(C)(C)C)[C@H](O)C(=O)O. The summed E-state index contributed by atoms with van der Waals surface area (Å²) in [6, 6.07) is -0.905. The van der Waals surface area contributed by atoms with Gasteiger partial charge in [0.25, 0.3) is 0 Å². The van der Waals surface area contributed by atoms with E-state index in [1.807, 2.05) is 0 Å². The van der Waals surface area contributed by atoms with E-state index in [0.717, 1.165) is 0 Å². The molecule has 0 radical (unpaired) electrons. The van der Waals surface area contributed by atoms with Gasteiger partial charge in [0, 0.05) is 0 Å². The van der Waals surface area contributed by atoms with Gasteiger partial charge in [0.05, 0.1) is 6.04 Å². The number of aliphatic hydroxyl groups is 1. The summed E-state index contributed by atoms with van der Waals surface area (Å²) in [4.78, 5) is 21.5. The van der Waals surface area contributed by atoms with Gasteiger partial charge in [-0.2, -0.15) is 0 Å². The molecule has 0 aliphatic rings. The van der Waals surface area contributed by atoms with E-state index in [0.29, 0.717) is 0 Å². The van der Waals surface area contributed by atoms with Crippen LogP contribution in [0.3, 0.4) is 0 Å². The van der Waals surface area contributed by atoms with E-state index in [-0.39, 0.29) is 0 Å². The highest BCUT2D eigenvalue weighted by molar-refractivity contribution is 5.75. The molecular weight excluding hydrogens is 202 g/mol. The van der Waals surface area contributed by atoms with Crippen LogP contribution in [-0.4, -0.2) is 40.0 Å². The molecule has 6 heteroatoms. The van der Waals surface area contributed by atoms with Crippen molar-refractivity contribution in [1.82, 2.24) is 5.32 Å². The van der Waals surface area contributed by atoms with E-state index in [1.54, 1.807) is 20.8 Å². The van der Waals surface area contributed by atoms with Gasteiger partial charge in [-0.25, -0.2) is 9.59 Å². The van der Waals surface area contributed by atoms with Gasteiger partial charge in [-0.15, -0.1) is 0 Å². The summed E-state index contributed by atoms with van der Waals surface area (Å²) in [5.41, 5.74) is -0.655. The highest BCUT2D eigenvalue weighted by atomic mass is 16.6. The molecule has 88 valence electrons. The topological polar surface area (TPSA) is 95.9 Å². The average Bonchev–Trinajstić information content (AvgIpc) is 1.98. The highest BCUT2D eigenvalue weighted by Crippen LogP contribution is 2.07. The Hall–Kier alpha value is -1.30. The summed E-state index contributed by atoms with van der Waals surface area (Å²) in [5, 5.41) is 19.8. The fourth-order valence-corrected chi connectivity index (χ4v) is 0.786. The first kappa shape index (κ1) is 13.7. The minimum absolute atomic E-state index is 0.655. The van der Waals surface area contributed by atoms with Crippen LogP contribution in [0.1, 0.15) is 27.7 Å². The van der Waals surface area contributed by atoms with Crippen LogP contribution in [0.4, 0.5) is 4.79 Å². The molecule has 0 aliphatic heterocycles. The summed E-state index contributed by atoms with van der Waals surface area (Å²) in [5.74, 6) is -1.39. The van der Waals surface area contributed by atoms with Crippen molar-refractivity contribution in [3.63, 3.8) is 0 Å². The van der Waals surface area contributed by atoms with Crippen molar-refractivity contribution in [1.29, 1.82) is 0 Å². The Morgan fingerprint density at radius 2 is 1.80 bits per heavy atom. The van der Waals surface area contributed by atoms with Gasteiger partial charge in [0.1, 0.15) is 5.60 Å². The first-order valence-corrected chi connectivity index (χ1v) is 4.54. The number of rotatable bonds is 3. The van der Waals surface area contributed by atoms with E-state index in [9.17, 15) is 9.59 Å². The Bertz CT molecular complexity index is 245. The molecule has 0 spiro atoms. The van der Waals surface area contributed by atoms with Crippen LogP contribution in [0.15, 0.2) is 0 Å². The molecular formula is C9H17NO5. The molecule has 0 bridgehead atoms. The van der Waals surface area contributed by atoms with Gasteiger partial charge in [0.15, 0.2) is 6.10 Å². The molecule has 0 aromatic rings. The lowest BCUT2D eigenvalue weighted by molar-refractivity contribution is -0.147. The van der Waals surface area contributed by atoms with E-state index in [2.05, 4.69) is 5.32 Å². The first-order valence-electron chi connectivity index (χ1n) is 4.54. The largest absolute Gasteiger partial charge is 0.479 e. The Morgan fingerprint density at radius 1 is 1.33 bits per heavy atom. The number of aliphatic carboxylic acids is 1. The van der Waals surface area contributed by atoms with Crippen LogP contribution in [-0.2, 0) is 9.53 Å². The Morgan fingerprint density at radius 3 is 2.13 bits per heavy atom. The average molecular weight is 219 g/mol. The van der Waals surface area contributed by atoms with Crippen LogP contribution in [0.25, 0.3) is 0 Å². The maximum atomic E-state index is 11.2. The number of carbonyl (C=O) groups excluding carboxylic acids is 1. The highest BCUT2D eigenvalue weighted by Gasteiger charge is 2.25. The predicted molar refractivity (Wildman–Crippen MR) is 52.5 cm³/mol. The molecule has 0 heterocycles. The fourth-order valence-electron chi connectivity index (χ4n) is 0.786. The van der Waals surface area contributed by atoms with Crippen LogP contribution in [0.5, 0.6) is 0 Å². The lowest BCUT2D eigenvalue weighted by Gasteiger charge is -2.22. The molecule has 0 aliphatic carbocycles. The van der Waals surface area contributed by atoms with E-state index < -0.39 is 29.8 Å². The van der Waals surface area contributed by atoms with Crippen LogP contribution < -0.4 is 5.32 Å². The van der Waals surface area contributed by atoms with Gasteiger partial charge >= 0.3 is 12.1 Å². The summed E-state index contributed by atoms with van der Waals surface area (Å²) in [6.07, 6.45) is -2.40. The second-order valence-electron chi connectivity index (χ2n) is 4.22. The molecule has 0 saturated carbocycles. The van der Waals surface area contributed by atoms with Crippen molar-refractivity contribution < 1.29 is 24.5 Å². The van der Waals surface area contributed by atoms with E-state index in [4.69, 9.17) is 14.9 Å². The lowest BCUT2D eigenvalue weighted by atomic mass is 10.2. The van der Waals surface area contributed by atoms with Crippen molar-refractivity contribution in [3.8, 4) is 0 Å². The number of carboxylic acid groups (broad SMARTS) is 1. The zero-order valence-electron chi connectivity index (χ0n) is 9.27. The predicted octanol–water partition coefficient (Wildman–Crippen LogP) is 0.345. The van der Waals surface area contributed by atoms with Crippen LogP contribution >= 0.6 is 0 Å². The van der Waals surface area contributed by atoms with Gasteiger partial charge in [0.2, 0.25) is 0 Å². The van der Waals surface area contributed by atoms with E-state index in [1.165, 1.54) is 6.92 Å². The quantitative estimate of drug-likeness (QED) is 0.636. The number of hydrogen-bond donors (Lipinski definition) is 3. The summed E-state index contributed by atoms with van der Waals surface area (Å²) in [7, 11) is 0. The minimum atomic E-state index is -1.64. The molecule has 0 aromatic heterocycles.